The molecule has 0 aromatic carbocycles. The van der Waals surface area contributed by atoms with Gasteiger partial charge in [0.25, 0.3) is 5.91 Å². The van der Waals surface area contributed by atoms with Gasteiger partial charge >= 0.3 is 6.09 Å². The summed E-state index contributed by atoms with van der Waals surface area (Å²) in [5.74, 6) is 0.648. The average molecular weight is 660 g/mol. The number of carbonyl (C=O) groups is 2. The standard InChI is InChI=1S/C40H76BN2O4/c1-17-29-19-33(3,4)24-40(15,20-29)28-42-31(44)37(11,12)47-36(9,10)26-38(13,18-2)25-35(7,8)46-32(45)43-30-21-34(5,6)23-39(14,22-30)27-41-16/h29-30H,17-28H2,1-16H3,(H,42,44)(H,43,45). The van der Waals surface area contributed by atoms with Crippen LogP contribution in [-0.4, -0.2) is 48.7 Å². The fourth-order valence-electron chi connectivity index (χ4n) is 10.8. The van der Waals surface area contributed by atoms with E-state index in [2.05, 4.69) is 101 Å². The van der Waals surface area contributed by atoms with Crippen molar-refractivity contribution < 1.29 is 19.1 Å². The van der Waals surface area contributed by atoms with E-state index in [0.717, 1.165) is 51.3 Å². The molecule has 273 valence electrons. The molecule has 2 amide bonds. The van der Waals surface area contributed by atoms with Gasteiger partial charge in [0.1, 0.15) is 18.5 Å². The number of rotatable bonds is 15. The highest BCUT2D eigenvalue weighted by atomic mass is 16.6. The van der Waals surface area contributed by atoms with Crippen LogP contribution in [0.1, 0.15) is 168 Å². The number of carbonyl (C=O) groups excluding carboxylic acids is 2. The predicted molar refractivity (Wildman–Crippen MR) is 199 cm³/mol. The van der Waals surface area contributed by atoms with E-state index in [9.17, 15) is 9.59 Å². The molecule has 5 unspecified atom stereocenters. The molecule has 0 heterocycles. The average Bonchev–Trinajstić information content (AvgIpc) is 2.82. The number of nitrogens with one attached hydrogen (secondary N) is 2. The number of alkyl carbamates (subject to hydrolysis) is 1. The van der Waals surface area contributed by atoms with Crippen molar-refractivity contribution in [2.75, 3.05) is 6.54 Å². The Bertz CT molecular complexity index is 1070. The maximum Gasteiger partial charge on any atom is 0.407 e. The molecule has 0 aliphatic heterocycles. The molecule has 7 heteroatoms. The summed E-state index contributed by atoms with van der Waals surface area (Å²) < 4.78 is 12.8. The number of ether oxygens (including phenoxy) is 2. The van der Waals surface area contributed by atoms with Gasteiger partial charge in [0.05, 0.1) is 5.60 Å². The Labute approximate surface area is 292 Å². The summed E-state index contributed by atoms with van der Waals surface area (Å²) in [5, 5.41) is 6.54. The second-order valence-corrected chi connectivity index (χ2v) is 20.6. The van der Waals surface area contributed by atoms with E-state index in [1.54, 1.807) is 0 Å². The molecule has 0 aromatic rings. The zero-order valence-electron chi connectivity index (χ0n) is 33.9. The van der Waals surface area contributed by atoms with Crippen LogP contribution in [-0.2, 0) is 14.3 Å². The number of hydrogen-bond acceptors (Lipinski definition) is 4. The van der Waals surface area contributed by atoms with E-state index < -0.39 is 16.8 Å². The monoisotopic (exact) mass is 660 g/mol. The molecule has 47 heavy (non-hydrogen) atoms. The van der Waals surface area contributed by atoms with Crippen LogP contribution < -0.4 is 10.6 Å². The lowest BCUT2D eigenvalue weighted by Crippen LogP contribution is -2.53. The molecule has 2 rings (SSSR count). The van der Waals surface area contributed by atoms with Gasteiger partial charge in [-0.15, -0.1) is 0 Å². The lowest BCUT2D eigenvalue weighted by Gasteiger charge is -2.47. The number of amides is 2. The minimum atomic E-state index is -0.980. The van der Waals surface area contributed by atoms with E-state index in [0.29, 0.717) is 18.9 Å². The lowest BCUT2D eigenvalue weighted by atomic mass is 9.54. The molecule has 2 saturated carbocycles. The van der Waals surface area contributed by atoms with Crippen LogP contribution in [0.15, 0.2) is 0 Å². The Morgan fingerprint density at radius 3 is 1.89 bits per heavy atom. The molecule has 2 fully saturated rings. The van der Waals surface area contributed by atoms with Crippen LogP contribution in [0.3, 0.4) is 0 Å². The third kappa shape index (κ3) is 13.2. The first-order valence-corrected chi connectivity index (χ1v) is 18.9. The van der Waals surface area contributed by atoms with Gasteiger partial charge in [0.15, 0.2) is 0 Å². The fourth-order valence-corrected chi connectivity index (χ4v) is 10.8. The normalized spacial score (nSPS) is 29.4. The molecule has 5 atom stereocenters. The lowest BCUT2D eigenvalue weighted by molar-refractivity contribution is -0.170. The molecule has 0 bridgehead atoms. The van der Waals surface area contributed by atoms with Crippen LogP contribution >= 0.6 is 0 Å². The van der Waals surface area contributed by atoms with Gasteiger partial charge in [-0.25, -0.2) is 4.79 Å². The Morgan fingerprint density at radius 1 is 0.787 bits per heavy atom. The molecule has 2 aliphatic carbocycles. The van der Waals surface area contributed by atoms with Gasteiger partial charge in [-0.2, -0.15) is 0 Å². The molecule has 0 spiro atoms. The highest BCUT2D eigenvalue weighted by Crippen LogP contribution is 2.50. The van der Waals surface area contributed by atoms with Gasteiger partial charge in [-0.3, -0.25) is 4.79 Å². The summed E-state index contributed by atoms with van der Waals surface area (Å²) in [6.07, 6.45) is 10.8. The van der Waals surface area contributed by atoms with Crippen LogP contribution in [0.5, 0.6) is 0 Å². The minimum Gasteiger partial charge on any atom is -0.444 e. The molecule has 2 N–H and O–H groups in total. The van der Waals surface area contributed by atoms with Gasteiger partial charge in [-0.05, 0) is 126 Å². The van der Waals surface area contributed by atoms with Gasteiger partial charge in [0, 0.05) is 12.6 Å². The van der Waals surface area contributed by atoms with E-state index in [1.807, 2.05) is 27.7 Å². The Kier molecular flexibility index (Phi) is 13.3. The molecular formula is C40H76BN2O4. The SMILES string of the molecule is C[B]CC1(C)CC(NC(=O)OC(C)(C)CC(C)(CC)CC(C)(C)OC(C)(C)C(=O)NCC2(C)CC(CC)CC(C)(C)C2)CC(C)(C)C1. The zero-order chi connectivity index (χ0) is 36.3. The van der Waals surface area contributed by atoms with Crippen molar-refractivity contribution in [1.82, 2.24) is 10.6 Å². The van der Waals surface area contributed by atoms with Crippen LogP contribution in [0.25, 0.3) is 0 Å². The Morgan fingerprint density at radius 2 is 1.34 bits per heavy atom. The Hall–Kier alpha value is -1.24. The Balaban J connectivity index is 2.02. The van der Waals surface area contributed by atoms with Crippen LogP contribution in [0.2, 0.25) is 13.1 Å². The van der Waals surface area contributed by atoms with E-state index >= 15 is 0 Å². The van der Waals surface area contributed by atoms with Crippen molar-refractivity contribution in [2.45, 2.75) is 204 Å². The second-order valence-electron chi connectivity index (χ2n) is 20.6. The van der Waals surface area contributed by atoms with Crippen molar-refractivity contribution >= 4 is 19.3 Å². The maximum atomic E-state index is 13.6. The number of hydrogen-bond donors (Lipinski definition) is 2. The van der Waals surface area contributed by atoms with E-state index in [-0.39, 0.29) is 45.1 Å². The molecular weight excluding hydrogens is 583 g/mol. The van der Waals surface area contributed by atoms with Gasteiger partial charge in [-0.1, -0.05) is 88.3 Å². The van der Waals surface area contributed by atoms with Crippen molar-refractivity contribution in [3.63, 3.8) is 0 Å². The van der Waals surface area contributed by atoms with Crippen molar-refractivity contribution in [1.29, 1.82) is 0 Å². The quantitative estimate of drug-likeness (QED) is 0.172. The van der Waals surface area contributed by atoms with Crippen LogP contribution in [0, 0.1) is 33.0 Å². The molecule has 1 radical (unpaired) electrons. The second kappa shape index (κ2) is 14.9. The first-order chi connectivity index (χ1) is 21.1. The molecule has 0 aromatic heterocycles. The molecule has 0 saturated heterocycles. The van der Waals surface area contributed by atoms with Gasteiger partial charge < -0.3 is 20.1 Å². The van der Waals surface area contributed by atoms with E-state index in [1.165, 1.54) is 12.8 Å². The first kappa shape index (κ1) is 41.9. The van der Waals surface area contributed by atoms with Crippen molar-refractivity contribution in [3.05, 3.63) is 0 Å². The van der Waals surface area contributed by atoms with Gasteiger partial charge in [0.2, 0.25) is 0 Å². The summed E-state index contributed by atoms with van der Waals surface area (Å²) in [5.41, 5.74) is -1.65. The third-order valence-corrected chi connectivity index (χ3v) is 11.2. The highest BCUT2D eigenvalue weighted by Gasteiger charge is 2.45. The zero-order valence-corrected chi connectivity index (χ0v) is 33.9. The summed E-state index contributed by atoms with van der Waals surface area (Å²) in [4.78, 5) is 26.9. The summed E-state index contributed by atoms with van der Waals surface area (Å²) >= 11 is 0. The summed E-state index contributed by atoms with van der Waals surface area (Å²) in [7, 11) is 2.25. The largest absolute Gasteiger partial charge is 0.444 e. The van der Waals surface area contributed by atoms with E-state index in [4.69, 9.17) is 9.47 Å². The van der Waals surface area contributed by atoms with Crippen molar-refractivity contribution in [3.8, 4) is 0 Å². The fraction of sp³-hybridized carbons (Fsp3) is 0.950. The summed E-state index contributed by atoms with van der Waals surface area (Å²) in [6, 6.07) is 0.102. The van der Waals surface area contributed by atoms with Crippen molar-refractivity contribution in [2.24, 2.45) is 33.0 Å². The highest BCUT2D eigenvalue weighted by molar-refractivity contribution is 6.33. The van der Waals surface area contributed by atoms with Crippen LogP contribution in [0.4, 0.5) is 4.79 Å². The third-order valence-electron chi connectivity index (χ3n) is 11.2. The smallest absolute Gasteiger partial charge is 0.407 e. The topological polar surface area (TPSA) is 76.7 Å². The molecule has 6 nitrogen and oxygen atoms in total. The predicted octanol–water partition coefficient (Wildman–Crippen LogP) is 10.4. The molecule has 2 aliphatic rings. The maximum absolute atomic E-state index is 13.6. The minimum absolute atomic E-state index is 0.0550. The first-order valence-electron chi connectivity index (χ1n) is 18.9. The summed E-state index contributed by atoms with van der Waals surface area (Å²) in [6.45, 7) is 35.6.